The van der Waals surface area contributed by atoms with Crippen molar-refractivity contribution in [2.75, 3.05) is 19.8 Å². The van der Waals surface area contributed by atoms with Crippen LogP contribution in [0.25, 0.3) is 0 Å². The van der Waals surface area contributed by atoms with E-state index in [4.69, 9.17) is 98.0 Å². The number of ether oxygens (including phenoxy) is 4. The average Bonchev–Trinajstić information content (AvgIpc) is 1.17. The number of aryl methyl sites for hydroxylation is 2. The summed E-state index contributed by atoms with van der Waals surface area (Å²) >= 11 is 38.2. The molecule has 0 amide bonds. The Morgan fingerprint density at radius 2 is 0.744 bits per heavy atom. The summed E-state index contributed by atoms with van der Waals surface area (Å²) in [5, 5.41) is 0. The van der Waals surface area contributed by atoms with Gasteiger partial charge in [0, 0.05) is 16.6 Å². The Morgan fingerprint density at radius 1 is 0.419 bits per heavy atom. The molecule has 8 aromatic rings. The van der Waals surface area contributed by atoms with Crippen molar-refractivity contribution in [1.29, 1.82) is 0 Å². The summed E-state index contributed by atoms with van der Waals surface area (Å²) in [7, 11) is -4.63. The molecule has 0 aliphatic carbocycles. The fourth-order valence-corrected chi connectivity index (χ4v) is 14.4. The predicted molar refractivity (Wildman–Crippen MR) is 343 cm³/mol. The maximum Gasteiger partial charge on any atom is 1.00 e. The van der Waals surface area contributed by atoms with Gasteiger partial charge in [0.1, 0.15) is 34.4 Å². The molecule has 0 heterocycles. The molecule has 86 heavy (non-hydrogen) atoms. The second-order valence-corrected chi connectivity index (χ2v) is 40.3. The Kier molecular flexibility index (Phi) is 27.7. The van der Waals surface area contributed by atoms with Crippen LogP contribution in [0.3, 0.4) is 0 Å². The topological polar surface area (TPSA) is 156 Å². The van der Waals surface area contributed by atoms with Gasteiger partial charge in [0.05, 0.1) is 36.3 Å². The minimum absolute atomic E-state index is 0. The molecule has 0 N–H and O–H groups in total. The van der Waals surface area contributed by atoms with Crippen LogP contribution in [0.2, 0.25) is 0 Å². The Morgan fingerprint density at radius 3 is 1.09 bits per heavy atom. The number of rotatable bonds is 19. The molecule has 446 valence electrons. The Labute approximate surface area is 563 Å². The van der Waals surface area contributed by atoms with Gasteiger partial charge in [-0.1, -0.05) is 101 Å². The SMILES string of the molecule is COc1ccc(C(C)(C)c2ccc(Oc3c[c-]c(S(=O)(=O)c4[c-]cc(C)cc4)cc3)cc2)cc1.COc1ccc(C(C)(C)c2ccc(Oc3ccc(S(=O)(=O)c4ccc(C)cc4CP(=O)(Cl)Cl)c(CP(=O)(Cl)Cl)c3)cc2)cc1.O=P(Cl)(Cl)CCl.[Li+].[Li+]. The minimum atomic E-state index is -4.24. The zero-order valence-electron chi connectivity index (χ0n) is 48.6. The van der Waals surface area contributed by atoms with Crippen LogP contribution in [-0.4, -0.2) is 36.7 Å². The number of alkyl halides is 1. The molecule has 0 bridgehead atoms. The van der Waals surface area contributed by atoms with E-state index in [1.165, 1.54) is 42.0 Å². The molecule has 0 saturated carbocycles. The van der Waals surface area contributed by atoms with Crippen molar-refractivity contribution in [3.8, 4) is 34.5 Å². The summed E-state index contributed by atoms with van der Waals surface area (Å²) in [6.45, 7) is 12.2. The average molecular weight is 1390 g/mol. The molecule has 0 aromatic heterocycles. The molecule has 0 aliphatic rings. The van der Waals surface area contributed by atoms with E-state index in [2.05, 4.69) is 52.0 Å². The third-order valence-corrected chi connectivity index (χ3v) is 22.4. The van der Waals surface area contributed by atoms with Crippen molar-refractivity contribution in [2.24, 2.45) is 0 Å². The number of methoxy groups -OCH3 is 2. The van der Waals surface area contributed by atoms with Crippen LogP contribution < -0.4 is 56.7 Å². The van der Waals surface area contributed by atoms with Crippen LogP contribution in [0, 0.1) is 26.0 Å². The van der Waals surface area contributed by atoms with E-state index in [1.807, 2.05) is 91.9 Å². The first-order chi connectivity index (χ1) is 39.1. The van der Waals surface area contributed by atoms with E-state index in [0.717, 1.165) is 39.3 Å². The smallest absolute Gasteiger partial charge is 0.517 e. The molecule has 8 aromatic carbocycles. The third kappa shape index (κ3) is 21.2. The van der Waals surface area contributed by atoms with Gasteiger partial charge in [-0.2, -0.15) is 35.9 Å². The number of sulfone groups is 2. The van der Waals surface area contributed by atoms with Crippen molar-refractivity contribution >= 4 is 116 Å². The first-order valence-electron chi connectivity index (χ1n) is 25.2. The third-order valence-electron chi connectivity index (χ3n) is 13.2. The summed E-state index contributed by atoms with van der Waals surface area (Å²) in [6, 6.07) is 55.5. The van der Waals surface area contributed by atoms with Crippen LogP contribution in [0.1, 0.15) is 72.2 Å². The summed E-state index contributed by atoms with van der Waals surface area (Å²) < 4.78 is 111. The molecule has 0 fully saturated rings. The molecule has 0 spiro atoms. The van der Waals surface area contributed by atoms with E-state index in [1.54, 1.807) is 57.5 Å². The number of hydrogen-bond acceptors (Lipinski definition) is 11. The summed E-state index contributed by atoms with van der Waals surface area (Å²) in [5.41, 5.74) is 5.79. The van der Waals surface area contributed by atoms with Crippen LogP contribution in [-0.2, 0) is 56.5 Å². The van der Waals surface area contributed by atoms with Crippen LogP contribution in [0.15, 0.2) is 189 Å². The largest absolute Gasteiger partial charge is 1.00 e. The molecule has 0 atom stereocenters. The summed E-state index contributed by atoms with van der Waals surface area (Å²) in [4.78, 5) is -0.102. The van der Waals surface area contributed by atoms with Crippen LogP contribution >= 0.6 is 96.6 Å². The van der Waals surface area contributed by atoms with E-state index >= 15 is 0 Å². The van der Waals surface area contributed by atoms with Gasteiger partial charge in [-0.15, -0.1) is 29.8 Å². The normalized spacial score (nSPS) is 11.9. The maximum absolute atomic E-state index is 13.9. The monoisotopic (exact) mass is 1380 g/mol. The molecule has 0 saturated heterocycles. The fourth-order valence-electron chi connectivity index (χ4n) is 8.52. The Bertz CT molecular complexity index is 3950. The van der Waals surface area contributed by atoms with Crippen LogP contribution in [0.5, 0.6) is 34.5 Å². The van der Waals surface area contributed by atoms with Crippen LogP contribution in [0.4, 0.5) is 0 Å². The Hall–Kier alpha value is -3.23. The van der Waals surface area contributed by atoms with Crippen molar-refractivity contribution in [3.05, 3.63) is 226 Å². The van der Waals surface area contributed by atoms with Gasteiger partial charge < -0.3 is 18.9 Å². The first kappa shape index (κ1) is 75.2. The fraction of sp³-hybridized carbons (Fsp3) is 0.213. The molecule has 11 nitrogen and oxygen atoms in total. The van der Waals surface area contributed by atoms with E-state index in [9.17, 15) is 30.5 Å². The van der Waals surface area contributed by atoms with Gasteiger partial charge in [0.15, 0.2) is 9.84 Å². The van der Waals surface area contributed by atoms with Gasteiger partial charge in [0.2, 0.25) is 9.84 Å². The van der Waals surface area contributed by atoms with E-state index < -0.39 is 43.4 Å². The molecular formula is C61H58Cl7Li2O11P3S2. The molecule has 0 unspecified atom stereocenters. The quantitative estimate of drug-likeness (QED) is 0.0329. The van der Waals surface area contributed by atoms with Gasteiger partial charge in [-0.25, -0.2) is 16.8 Å². The molecule has 0 radical (unpaired) electrons. The van der Waals surface area contributed by atoms with E-state index in [-0.39, 0.29) is 96.8 Å². The standard InChI is InChI=1S/C31H30Cl4O6P2S.C29H26O4S.CH2Cl3OP.2Li/c1-21-5-15-29(22(17-21)19-42(32,33)36)44(38,39)30-16-14-28(18-23(30)20-43(34,35)37)41-27-12-8-25(9-13-27)31(2,3)24-6-10-26(40-4)11-7-24;1-21-5-17-27(18-6-21)34(30,31)28-19-15-26(16-20-28)33-25-13-9-23(10-14-25)29(2,3)22-7-11-24(32-4)12-8-22;2-1-6(3,4)5;;/h5-18H,19-20H2,1-4H3;5-17,19H,1-4H3;1H2;;/q;-2;;2*+1. The number of hydrogen-bond donors (Lipinski definition) is 0. The van der Waals surface area contributed by atoms with Gasteiger partial charge in [-0.05, 0) is 190 Å². The number of halogens is 7. The van der Waals surface area contributed by atoms with Crippen molar-refractivity contribution in [2.45, 2.75) is 84.3 Å². The summed E-state index contributed by atoms with van der Waals surface area (Å²) in [5.74, 6) is -6.79. The Balaban J connectivity index is 0.000000337. The van der Waals surface area contributed by atoms with E-state index in [0.29, 0.717) is 17.2 Å². The van der Waals surface area contributed by atoms with Crippen molar-refractivity contribution < 1.29 is 87.2 Å². The predicted octanol–water partition coefficient (Wildman–Crippen LogP) is 14.7. The zero-order chi connectivity index (χ0) is 62.1. The van der Waals surface area contributed by atoms with Crippen molar-refractivity contribution in [3.63, 3.8) is 0 Å². The molecule has 0 aliphatic heterocycles. The number of benzene rings is 8. The molecule has 25 heteroatoms. The van der Waals surface area contributed by atoms with Gasteiger partial charge in [-0.3, -0.25) is 13.7 Å². The molecule has 8 rings (SSSR count). The van der Waals surface area contributed by atoms with Gasteiger partial charge >= 0.3 is 37.7 Å². The summed E-state index contributed by atoms with van der Waals surface area (Å²) in [6.07, 6.45) is -0.779. The maximum atomic E-state index is 13.9. The second-order valence-electron chi connectivity index (χ2n) is 20.1. The van der Waals surface area contributed by atoms with Crippen molar-refractivity contribution in [1.82, 2.24) is 0 Å². The van der Waals surface area contributed by atoms with Gasteiger partial charge in [0.25, 0.3) is 17.5 Å². The molecular weight excluding hydrogens is 1330 g/mol. The second kappa shape index (κ2) is 31.7. The minimum Gasteiger partial charge on any atom is -0.517 e. The zero-order valence-corrected chi connectivity index (χ0v) is 58.2. The first-order valence-corrected chi connectivity index (χ1v) is 39.9.